The van der Waals surface area contributed by atoms with Crippen LogP contribution in [-0.4, -0.2) is 27.8 Å². The van der Waals surface area contributed by atoms with Crippen LogP contribution in [0.2, 0.25) is 5.02 Å². The third kappa shape index (κ3) is 4.76. The number of rotatable bonds is 7. The molecule has 6 nitrogen and oxygen atoms in total. The molecule has 9 heteroatoms. The van der Waals surface area contributed by atoms with Crippen molar-refractivity contribution in [3.05, 3.63) is 75.4 Å². The maximum atomic E-state index is 13.1. The van der Waals surface area contributed by atoms with E-state index in [1.54, 1.807) is 42.5 Å². The second kappa shape index (κ2) is 9.55. The van der Waals surface area contributed by atoms with Gasteiger partial charge in [-0.3, -0.25) is 14.2 Å². The first-order valence-corrected chi connectivity index (χ1v) is 11.7. The minimum absolute atomic E-state index is 0.0795. The van der Waals surface area contributed by atoms with E-state index >= 15 is 0 Å². The lowest BCUT2D eigenvalue weighted by molar-refractivity contribution is -0.113. The number of hydrogen-bond acceptors (Lipinski definition) is 6. The lowest BCUT2D eigenvalue weighted by Crippen LogP contribution is -2.22. The summed E-state index contributed by atoms with van der Waals surface area (Å²) in [5, 5.41) is 5.70. The van der Waals surface area contributed by atoms with Crippen molar-refractivity contribution in [2.45, 2.75) is 12.1 Å². The predicted molar refractivity (Wildman–Crippen MR) is 127 cm³/mol. The molecular weight excluding hydrogens is 454 g/mol. The molecule has 1 amide bonds. The minimum Gasteiger partial charge on any atom is -0.492 e. The van der Waals surface area contributed by atoms with Gasteiger partial charge in [0, 0.05) is 5.02 Å². The number of halogens is 1. The van der Waals surface area contributed by atoms with Gasteiger partial charge in [-0.15, -0.1) is 11.3 Å². The molecule has 0 unspecified atom stereocenters. The summed E-state index contributed by atoms with van der Waals surface area (Å²) in [6.45, 7) is 2.39. The molecule has 0 atom stereocenters. The molecule has 2 aromatic carbocycles. The number of carbonyl (C=O) groups is 1. The number of thioether (sulfide) groups is 1. The average Bonchev–Trinajstić information content (AvgIpc) is 3.24. The molecule has 4 aromatic rings. The van der Waals surface area contributed by atoms with Crippen molar-refractivity contribution in [3.8, 4) is 11.4 Å². The first-order valence-electron chi connectivity index (χ1n) is 9.47. The Balaban J connectivity index is 1.61. The molecule has 4 rings (SSSR count). The van der Waals surface area contributed by atoms with E-state index in [0.717, 1.165) is 0 Å². The monoisotopic (exact) mass is 471 g/mol. The maximum absolute atomic E-state index is 13.1. The summed E-state index contributed by atoms with van der Waals surface area (Å²) in [6.07, 6.45) is 0. The van der Waals surface area contributed by atoms with Crippen molar-refractivity contribution < 1.29 is 9.53 Å². The summed E-state index contributed by atoms with van der Waals surface area (Å²) >= 11 is 8.54. The van der Waals surface area contributed by atoms with Crippen LogP contribution < -0.4 is 15.6 Å². The number of nitrogens with zero attached hydrogens (tertiary/aromatic N) is 2. The topological polar surface area (TPSA) is 73.2 Å². The van der Waals surface area contributed by atoms with E-state index in [4.69, 9.17) is 16.3 Å². The molecule has 0 aliphatic rings. The zero-order valence-electron chi connectivity index (χ0n) is 16.5. The average molecular weight is 472 g/mol. The van der Waals surface area contributed by atoms with Crippen LogP contribution in [0.4, 0.5) is 5.69 Å². The molecule has 0 aliphatic heterocycles. The molecule has 0 fully saturated rings. The van der Waals surface area contributed by atoms with Gasteiger partial charge < -0.3 is 10.1 Å². The fourth-order valence-electron chi connectivity index (χ4n) is 2.97. The van der Waals surface area contributed by atoms with Crippen LogP contribution in [0.3, 0.4) is 0 Å². The van der Waals surface area contributed by atoms with E-state index < -0.39 is 0 Å². The molecular formula is C22H18ClN3O3S2. The SMILES string of the molecule is CCOc1ccccc1NC(=O)CSc1nc2ccsc2c(=O)n1-c1ccc(Cl)cc1. The Morgan fingerprint density at radius 2 is 1.97 bits per heavy atom. The van der Waals surface area contributed by atoms with E-state index in [2.05, 4.69) is 10.3 Å². The molecule has 0 saturated carbocycles. The van der Waals surface area contributed by atoms with Crippen LogP contribution in [0.1, 0.15) is 6.92 Å². The Bertz CT molecular complexity index is 1290. The third-order valence-electron chi connectivity index (χ3n) is 4.33. The van der Waals surface area contributed by atoms with Gasteiger partial charge in [0.05, 0.1) is 29.3 Å². The van der Waals surface area contributed by atoms with Gasteiger partial charge in [0.15, 0.2) is 5.16 Å². The first kappa shape index (κ1) is 21.4. The van der Waals surface area contributed by atoms with Gasteiger partial charge in [0.1, 0.15) is 10.4 Å². The number of nitrogens with one attached hydrogen (secondary N) is 1. The number of hydrogen-bond donors (Lipinski definition) is 1. The first-order chi connectivity index (χ1) is 15.1. The summed E-state index contributed by atoms with van der Waals surface area (Å²) in [5.74, 6) is 0.467. The largest absolute Gasteiger partial charge is 0.492 e. The predicted octanol–water partition coefficient (Wildman–Crippen LogP) is 5.23. The fourth-order valence-corrected chi connectivity index (χ4v) is 4.67. The Labute approximate surface area is 191 Å². The lowest BCUT2D eigenvalue weighted by atomic mass is 10.3. The van der Waals surface area contributed by atoms with Crippen molar-refractivity contribution in [2.75, 3.05) is 17.7 Å². The number of amides is 1. The normalized spacial score (nSPS) is 10.9. The zero-order chi connectivity index (χ0) is 21.8. The lowest BCUT2D eigenvalue weighted by Gasteiger charge is -2.13. The van der Waals surface area contributed by atoms with Gasteiger partial charge in [-0.2, -0.15) is 0 Å². The van der Waals surface area contributed by atoms with Crippen LogP contribution >= 0.6 is 34.7 Å². The number of anilines is 1. The number of benzene rings is 2. The number of para-hydroxylation sites is 2. The molecule has 2 heterocycles. The van der Waals surface area contributed by atoms with Crippen molar-refractivity contribution >= 4 is 56.5 Å². The molecule has 31 heavy (non-hydrogen) atoms. The van der Waals surface area contributed by atoms with E-state index in [1.165, 1.54) is 27.7 Å². The Morgan fingerprint density at radius 3 is 2.74 bits per heavy atom. The highest BCUT2D eigenvalue weighted by Gasteiger charge is 2.16. The van der Waals surface area contributed by atoms with Crippen LogP contribution in [0, 0.1) is 0 Å². The number of aromatic nitrogens is 2. The van der Waals surface area contributed by atoms with Crippen molar-refractivity contribution in [1.82, 2.24) is 9.55 Å². The summed E-state index contributed by atoms with van der Waals surface area (Å²) in [5.41, 5.74) is 1.69. The second-order valence-corrected chi connectivity index (χ2v) is 8.71. The Morgan fingerprint density at radius 1 is 1.19 bits per heavy atom. The summed E-state index contributed by atoms with van der Waals surface area (Å²) < 4.78 is 7.63. The number of fused-ring (bicyclic) bond motifs is 1. The quantitative estimate of drug-likeness (QED) is 0.295. The molecule has 0 spiro atoms. The van der Waals surface area contributed by atoms with Crippen LogP contribution in [0.15, 0.2) is 69.9 Å². The molecule has 0 bridgehead atoms. The Kier molecular flexibility index (Phi) is 6.60. The molecule has 2 aromatic heterocycles. The Hall–Kier alpha value is -2.81. The standard InChI is InChI=1S/C22H18ClN3O3S2/c1-2-29-18-6-4-3-5-16(18)24-19(27)13-31-22-25-17-11-12-30-20(17)21(28)26(22)15-9-7-14(23)8-10-15/h3-12H,2,13H2,1H3,(H,24,27). The van der Waals surface area contributed by atoms with Gasteiger partial charge in [-0.05, 0) is 54.8 Å². The summed E-state index contributed by atoms with van der Waals surface area (Å²) in [7, 11) is 0. The summed E-state index contributed by atoms with van der Waals surface area (Å²) in [4.78, 5) is 30.4. The highest BCUT2D eigenvalue weighted by atomic mass is 35.5. The van der Waals surface area contributed by atoms with Crippen molar-refractivity contribution in [2.24, 2.45) is 0 Å². The zero-order valence-corrected chi connectivity index (χ0v) is 18.9. The molecule has 1 N–H and O–H groups in total. The van der Waals surface area contributed by atoms with Gasteiger partial charge in [0.25, 0.3) is 5.56 Å². The summed E-state index contributed by atoms with van der Waals surface area (Å²) in [6, 6.07) is 16.0. The van der Waals surface area contributed by atoms with Gasteiger partial charge >= 0.3 is 0 Å². The molecule has 0 aliphatic carbocycles. The van der Waals surface area contributed by atoms with Gasteiger partial charge in [-0.25, -0.2) is 4.98 Å². The third-order valence-corrected chi connectivity index (χ3v) is 6.41. The van der Waals surface area contributed by atoms with E-state index in [0.29, 0.717) is 44.1 Å². The van der Waals surface area contributed by atoms with E-state index in [-0.39, 0.29) is 17.2 Å². The van der Waals surface area contributed by atoms with Crippen molar-refractivity contribution in [3.63, 3.8) is 0 Å². The van der Waals surface area contributed by atoms with Gasteiger partial charge in [-0.1, -0.05) is 35.5 Å². The van der Waals surface area contributed by atoms with Crippen molar-refractivity contribution in [1.29, 1.82) is 0 Å². The maximum Gasteiger partial charge on any atom is 0.276 e. The molecule has 0 radical (unpaired) electrons. The smallest absolute Gasteiger partial charge is 0.276 e. The highest BCUT2D eigenvalue weighted by molar-refractivity contribution is 7.99. The number of carbonyl (C=O) groups excluding carboxylic acids is 1. The molecule has 158 valence electrons. The van der Waals surface area contributed by atoms with Crippen LogP contribution in [0.25, 0.3) is 15.9 Å². The fraction of sp³-hybridized carbons (Fsp3) is 0.136. The van der Waals surface area contributed by atoms with Crippen LogP contribution in [-0.2, 0) is 4.79 Å². The van der Waals surface area contributed by atoms with Gasteiger partial charge in [0.2, 0.25) is 5.91 Å². The number of ether oxygens (including phenoxy) is 1. The second-order valence-electron chi connectivity index (χ2n) is 6.41. The number of thiophene rings is 1. The molecule has 0 saturated heterocycles. The minimum atomic E-state index is -0.223. The van der Waals surface area contributed by atoms with E-state index in [9.17, 15) is 9.59 Å². The highest BCUT2D eigenvalue weighted by Crippen LogP contribution is 2.26. The van der Waals surface area contributed by atoms with Crippen LogP contribution in [0.5, 0.6) is 5.75 Å². The van der Waals surface area contributed by atoms with E-state index in [1.807, 2.05) is 24.4 Å².